The minimum absolute atomic E-state index is 0.0450. The van der Waals surface area contributed by atoms with Gasteiger partial charge in [-0.15, -0.1) is 0 Å². The summed E-state index contributed by atoms with van der Waals surface area (Å²) in [5, 5.41) is 11.3. The number of anilines is 1. The topological polar surface area (TPSA) is 66.4 Å². The van der Waals surface area contributed by atoms with Crippen molar-refractivity contribution in [3.05, 3.63) is 41.2 Å². The summed E-state index contributed by atoms with van der Waals surface area (Å²) in [5.74, 6) is -2.73. The molecule has 0 spiro atoms. The largest absolute Gasteiger partial charge is 0.478 e. The van der Waals surface area contributed by atoms with Crippen LogP contribution in [0.1, 0.15) is 30.6 Å². The smallest absolute Gasteiger partial charge is 0.340 e. The molecule has 1 amide bonds. The number of carboxylic acids is 1. The van der Waals surface area contributed by atoms with Gasteiger partial charge in [-0.3, -0.25) is 4.79 Å². The monoisotopic (exact) mass is 251 g/mol. The summed E-state index contributed by atoms with van der Waals surface area (Å²) < 4.78 is 13.4. The fourth-order valence-corrected chi connectivity index (χ4v) is 1.47. The van der Waals surface area contributed by atoms with Gasteiger partial charge < -0.3 is 10.4 Å². The Labute approximate surface area is 104 Å². The lowest BCUT2D eigenvalue weighted by atomic mass is 10.1. The van der Waals surface area contributed by atoms with Gasteiger partial charge in [0.2, 0.25) is 0 Å². The van der Waals surface area contributed by atoms with Crippen molar-refractivity contribution in [1.82, 2.24) is 0 Å². The molecule has 5 heteroatoms. The van der Waals surface area contributed by atoms with Crippen LogP contribution in [-0.2, 0) is 4.79 Å². The second-order valence-corrected chi connectivity index (χ2v) is 3.72. The molecule has 18 heavy (non-hydrogen) atoms. The first-order chi connectivity index (χ1) is 8.47. The zero-order valence-corrected chi connectivity index (χ0v) is 10.2. The van der Waals surface area contributed by atoms with E-state index in [0.29, 0.717) is 12.0 Å². The van der Waals surface area contributed by atoms with E-state index in [1.807, 2.05) is 6.92 Å². The molecule has 4 nitrogen and oxygen atoms in total. The van der Waals surface area contributed by atoms with Crippen molar-refractivity contribution in [2.45, 2.75) is 20.3 Å². The minimum atomic E-state index is -1.42. The summed E-state index contributed by atoms with van der Waals surface area (Å²) in [7, 11) is 0. The zero-order valence-electron chi connectivity index (χ0n) is 10.2. The van der Waals surface area contributed by atoms with Gasteiger partial charge in [-0.1, -0.05) is 19.1 Å². The van der Waals surface area contributed by atoms with Crippen molar-refractivity contribution < 1.29 is 19.1 Å². The average Bonchev–Trinajstić information content (AvgIpc) is 2.28. The molecule has 0 radical (unpaired) electrons. The summed E-state index contributed by atoms with van der Waals surface area (Å²) in [6, 6.07) is 3.73. The van der Waals surface area contributed by atoms with Crippen molar-refractivity contribution in [2.75, 3.05) is 5.32 Å². The molecule has 0 saturated carbocycles. The number of carbonyl (C=O) groups excluding carboxylic acids is 1. The highest BCUT2D eigenvalue weighted by atomic mass is 19.1. The maximum absolute atomic E-state index is 13.4. The Morgan fingerprint density at radius 3 is 2.67 bits per heavy atom. The number of halogens is 1. The number of benzene rings is 1. The van der Waals surface area contributed by atoms with Crippen LogP contribution < -0.4 is 5.32 Å². The molecular formula is C13H14FNO3. The van der Waals surface area contributed by atoms with E-state index in [2.05, 4.69) is 5.32 Å². The van der Waals surface area contributed by atoms with Crippen LogP contribution in [0.5, 0.6) is 0 Å². The van der Waals surface area contributed by atoms with Crippen LogP contribution in [-0.4, -0.2) is 17.0 Å². The first-order valence-electron chi connectivity index (χ1n) is 5.47. The molecule has 0 aliphatic rings. The molecule has 0 aromatic heterocycles. The van der Waals surface area contributed by atoms with Gasteiger partial charge >= 0.3 is 5.97 Å². The molecule has 0 atom stereocenters. The molecule has 0 aliphatic carbocycles. The quantitative estimate of drug-likeness (QED) is 0.808. The number of aromatic carboxylic acids is 1. The Bertz CT molecular complexity index is 509. The van der Waals surface area contributed by atoms with Crippen LogP contribution in [0.2, 0.25) is 0 Å². The van der Waals surface area contributed by atoms with Crippen molar-refractivity contribution in [1.29, 1.82) is 0 Å². The van der Waals surface area contributed by atoms with E-state index in [4.69, 9.17) is 5.11 Å². The summed E-state index contributed by atoms with van der Waals surface area (Å²) >= 11 is 0. The Hall–Kier alpha value is -2.17. The Morgan fingerprint density at radius 2 is 2.11 bits per heavy atom. The maximum Gasteiger partial charge on any atom is 0.340 e. The van der Waals surface area contributed by atoms with E-state index in [-0.39, 0.29) is 5.69 Å². The Morgan fingerprint density at radius 1 is 1.44 bits per heavy atom. The lowest BCUT2D eigenvalue weighted by Crippen LogP contribution is -2.16. The predicted octanol–water partition coefficient (Wildman–Crippen LogP) is 2.82. The van der Waals surface area contributed by atoms with E-state index in [0.717, 1.165) is 6.07 Å². The van der Waals surface area contributed by atoms with E-state index in [9.17, 15) is 14.0 Å². The SMILES string of the molecule is CC/C=C(\C)C(=O)Nc1cccc(F)c1C(=O)O. The number of nitrogens with one attached hydrogen (secondary N) is 1. The van der Waals surface area contributed by atoms with Crippen LogP contribution >= 0.6 is 0 Å². The van der Waals surface area contributed by atoms with E-state index in [1.54, 1.807) is 13.0 Å². The first-order valence-corrected chi connectivity index (χ1v) is 5.47. The Kier molecular flexibility index (Phi) is 4.59. The summed E-state index contributed by atoms with van der Waals surface area (Å²) in [4.78, 5) is 22.6. The zero-order chi connectivity index (χ0) is 13.7. The molecule has 0 fully saturated rings. The number of carbonyl (C=O) groups is 2. The molecule has 2 N–H and O–H groups in total. The van der Waals surface area contributed by atoms with Gasteiger partial charge in [-0.25, -0.2) is 9.18 Å². The maximum atomic E-state index is 13.4. The molecule has 0 aliphatic heterocycles. The van der Waals surface area contributed by atoms with Crippen molar-refractivity contribution in [3.63, 3.8) is 0 Å². The lowest BCUT2D eigenvalue weighted by molar-refractivity contribution is -0.112. The minimum Gasteiger partial charge on any atom is -0.478 e. The van der Waals surface area contributed by atoms with Crippen molar-refractivity contribution in [2.24, 2.45) is 0 Å². The summed E-state index contributed by atoms with van der Waals surface area (Å²) in [5.41, 5.74) is -0.121. The second kappa shape index (κ2) is 5.95. The van der Waals surface area contributed by atoms with Gasteiger partial charge in [0.15, 0.2) is 0 Å². The summed E-state index contributed by atoms with van der Waals surface area (Å²) in [6.45, 7) is 3.49. The highest BCUT2D eigenvalue weighted by molar-refractivity contribution is 6.07. The molecule has 0 heterocycles. The van der Waals surface area contributed by atoms with Crippen LogP contribution in [0.15, 0.2) is 29.8 Å². The molecular weight excluding hydrogens is 237 g/mol. The summed E-state index contributed by atoms with van der Waals surface area (Å²) in [6.07, 6.45) is 2.39. The third-order valence-corrected chi connectivity index (χ3v) is 2.34. The van der Waals surface area contributed by atoms with Crippen LogP contribution in [0, 0.1) is 5.82 Å². The molecule has 1 rings (SSSR count). The third kappa shape index (κ3) is 3.16. The highest BCUT2D eigenvalue weighted by Gasteiger charge is 2.17. The predicted molar refractivity (Wildman–Crippen MR) is 66.0 cm³/mol. The van der Waals surface area contributed by atoms with E-state index in [1.165, 1.54) is 12.1 Å². The van der Waals surface area contributed by atoms with Crippen LogP contribution in [0.3, 0.4) is 0 Å². The van der Waals surface area contributed by atoms with Crippen molar-refractivity contribution in [3.8, 4) is 0 Å². The molecule has 96 valence electrons. The number of rotatable bonds is 4. The van der Waals surface area contributed by atoms with Gasteiger partial charge in [-0.05, 0) is 25.5 Å². The van der Waals surface area contributed by atoms with Gasteiger partial charge in [0.05, 0.1) is 5.69 Å². The highest BCUT2D eigenvalue weighted by Crippen LogP contribution is 2.19. The molecule has 0 bridgehead atoms. The number of hydrogen-bond donors (Lipinski definition) is 2. The molecule has 1 aromatic carbocycles. The standard InChI is InChI=1S/C13H14FNO3/c1-3-5-8(2)12(16)15-10-7-4-6-9(14)11(10)13(17)18/h4-7H,3H2,1-2H3,(H,15,16)(H,17,18)/b8-5+. The molecule has 0 saturated heterocycles. The molecule has 0 unspecified atom stereocenters. The number of amides is 1. The normalized spacial score (nSPS) is 11.2. The third-order valence-electron chi connectivity index (χ3n) is 2.34. The van der Waals surface area contributed by atoms with Crippen LogP contribution in [0.25, 0.3) is 0 Å². The number of hydrogen-bond acceptors (Lipinski definition) is 2. The molecule has 1 aromatic rings. The van der Waals surface area contributed by atoms with E-state index < -0.39 is 23.3 Å². The fourth-order valence-electron chi connectivity index (χ4n) is 1.47. The first kappa shape index (κ1) is 13.9. The second-order valence-electron chi connectivity index (χ2n) is 3.72. The average molecular weight is 251 g/mol. The lowest BCUT2D eigenvalue weighted by Gasteiger charge is -2.09. The Balaban J connectivity index is 3.05. The van der Waals surface area contributed by atoms with Gasteiger partial charge in [0.1, 0.15) is 11.4 Å². The van der Waals surface area contributed by atoms with Gasteiger partial charge in [0, 0.05) is 5.57 Å². The van der Waals surface area contributed by atoms with Crippen molar-refractivity contribution >= 4 is 17.6 Å². The van der Waals surface area contributed by atoms with Gasteiger partial charge in [-0.2, -0.15) is 0 Å². The van der Waals surface area contributed by atoms with Crippen LogP contribution in [0.4, 0.5) is 10.1 Å². The van der Waals surface area contributed by atoms with E-state index >= 15 is 0 Å². The number of carboxylic acid groups (broad SMARTS) is 1. The van der Waals surface area contributed by atoms with Gasteiger partial charge in [0.25, 0.3) is 5.91 Å². The fraction of sp³-hybridized carbons (Fsp3) is 0.231. The number of allylic oxidation sites excluding steroid dienone is 1.